The number of halogens is 2. The predicted molar refractivity (Wildman–Crippen MR) is 87.7 cm³/mol. The number of benzene rings is 1. The summed E-state index contributed by atoms with van der Waals surface area (Å²) in [5.41, 5.74) is 6.34. The summed E-state index contributed by atoms with van der Waals surface area (Å²) in [6, 6.07) is 5.55. The minimum atomic E-state index is -0.612. The van der Waals surface area contributed by atoms with Crippen molar-refractivity contribution in [3.05, 3.63) is 33.8 Å². The van der Waals surface area contributed by atoms with Crippen LogP contribution in [0.1, 0.15) is 32.3 Å². The van der Waals surface area contributed by atoms with Gasteiger partial charge in [0.15, 0.2) is 0 Å². The maximum atomic E-state index is 11.9. The number of amides is 1. The van der Waals surface area contributed by atoms with Gasteiger partial charge in [-0.25, -0.2) is 0 Å². The van der Waals surface area contributed by atoms with Gasteiger partial charge in [0.05, 0.1) is 5.54 Å². The number of nitrogens with one attached hydrogen (secondary N) is 1. The van der Waals surface area contributed by atoms with Gasteiger partial charge >= 0.3 is 0 Å². The number of nitrogens with two attached hydrogens (primary N) is 1. The summed E-state index contributed by atoms with van der Waals surface area (Å²) < 4.78 is 0. The van der Waals surface area contributed by atoms with Gasteiger partial charge in [-0.2, -0.15) is 0 Å². The molecule has 3 nitrogen and oxygen atoms in total. The molecule has 1 fully saturated rings. The van der Waals surface area contributed by atoms with Crippen molar-refractivity contribution in [1.29, 1.82) is 0 Å². The second-order valence-electron chi connectivity index (χ2n) is 6.31. The lowest BCUT2D eigenvalue weighted by Crippen LogP contribution is -2.45. The molecule has 0 spiro atoms. The Morgan fingerprint density at radius 3 is 2.57 bits per heavy atom. The van der Waals surface area contributed by atoms with Crippen molar-refractivity contribution < 1.29 is 4.79 Å². The number of rotatable bonds is 6. The van der Waals surface area contributed by atoms with E-state index in [9.17, 15) is 4.79 Å². The van der Waals surface area contributed by atoms with E-state index in [1.54, 1.807) is 6.07 Å². The summed E-state index contributed by atoms with van der Waals surface area (Å²) in [5, 5.41) is 4.30. The highest BCUT2D eigenvalue weighted by atomic mass is 35.5. The van der Waals surface area contributed by atoms with Crippen molar-refractivity contribution in [3.63, 3.8) is 0 Å². The molecule has 0 heterocycles. The zero-order chi connectivity index (χ0) is 15.6. The molecule has 1 unspecified atom stereocenters. The lowest BCUT2D eigenvalue weighted by molar-refractivity contribution is -0.123. The third-order valence-corrected chi connectivity index (χ3v) is 4.79. The van der Waals surface area contributed by atoms with Crippen LogP contribution >= 0.6 is 23.2 Å². The molecule has 5 heteroatoms. The first-order valence-electron chi connectivity index (χ1n) is 7.33. The molecule has 1 aliphatic carbocycles. The highest BCUT2D eigenvalue weighted by molar-refractivity contribution is 6.35. The van der Waals surface area contributed by atoms with Gasteiger partial charge in [-0.15, -0.1) is 0 Å². The van der Waals surface area contributed by atoms with Crippen LogP contribution in [0.15, 0.2) is 18.2 Å². The lowest BCUT2D eigenvalue weighted by atomic mass is 9.89. The Kier molecular flexibility index (Phi) is 5.18. The van der Waals surface area contributed by atoms with E-state index in [1.165, 1.54) is 0 Å². The van der Waals surface area contributed by atoms with Crippen LogP contribution in [-0.4, -0.2) is 18.0 Å². The molecule has 0 aromatic heterocycles. The molecule has 1 atom stereocenters. The predicted octanol–water partition coefficient (Wildman–Crippen LogP) is 3.42. The highest BCUT2D eigenvalue weighted by Gasteiger charge is 2.45. The van der Waals surface area contributed by atoms with Crippen LogP contribution in [0.25, 0.3) is 0 Å². The summed E-state index contributed by atoms with van der Waals surface area (Å²) in [5.74, 6) is 0.718. The molecule has 0 radical (unpaired) electrons. The van der Waals surface area contributed by atoms with Crippen molar-refractivity contribution in [2.75, 3.05) is 6.54 Å². The Labute approximate surface area is 136 Å². The molecule has 0 aliphatic heterocycles. The topological polar surface area (TPSA) is 55.1 Å². The van der Waals surface area contributed by atoms with E-state index < -0.39 is 5.54 Å². The fourth-order valence-electron chi connectivity index (χ4n) is 2.27. The van der Waals surface area contributed by atoms with Crippen LogP contribution in [0.4, 0.5) is 0 Å². The molecule has 21 heavy (non-hydrogen) atoms. The Morgan fingerprint density at radius 1 is 1.38 bits per heavy atom. The van der Waals surface area contributed by atoms with E-state index in [4.69, 9.17) is 28.9 Å². The molecule has 1 aromatic rings. The molecule has 1 aliphatic rings. The van der Waals surface area contributed by atoms with Gasteiger partial charge in [0.1, 0.15) is 0 Å². The van der Waals surface area contributed by atoms with Gasteiger partial charge in [0.25, 0.3) is 0 Å². The van der Waals surface area contributed by atoms with Gasteiger partial charge in [-0.1, -0.05) is 43.1 Å². The van der Waals surface area contributed by atoms with Crippen molar-refractivity contribution in [3.8, 4) is 0 Å². The maximum absolute atomic E-state index is 11.9. The van der Waals surface area contributed by atoms with Crippen molar-refractivity contribution >= 4 is 29.1 Å². The van der Waals surface area contributed by atoms with Crippen LogP contribution in [0.5, 0.6) is 0 Å². The van der Waals surface area contributed by atoms with Gasteiger partial charge < -0.3 is 11.1 Å². The Bertz CT molecular complexity index is 527. The highest BCUT2D eigenvalue weighted by Crippen LogP contribution is 2.32. The van der Waals surface area contributed by atoms with Gasteiger partial charge in [-0.05, 0) is 48.8 Å². The smallest absolute Gasteiger partial charge is 0.240 e. The summed E-state index contributed by atoms with van der Waals surface area (Å²) in [6.45, 7) is 4.92. The normalized spacial score (nSPS) is 17.6. The van der Waals surface area contributed by atoms with E-state index in [0.717, 1.165) is 24.8 Å². The molecule has 2 rings (SSSR count). The molecular weight excluding hydrogens is 307 g/mol. The molecule has 3 N–H and O–H groups in total. The number of hydrogen-bond acceptors (Lipinski definition) is 2. The van der Waals surface area contributed by atoms with Gasteiger partial charge in [0, 0.05) is 16.6 Å². The second kappa shape index (κ2) is 6.55. The van der Waals surface area contributed by atoms with Crippen molar-refractivity contribution in [2.24, 2.45) is 17.6 Å². The minimum absolute atomic E-state index is 0.0321. The van der Waals surface area contributed by atoms with E-state index in [1.807, 2.05) is 12.1 Å². The van der Waals surface area contributed by atoms with Crippen LogP contribution in [-0.2, 0) is 11.2 Å². The molecule has 1 aromatic carbocycles. The maximum Gasteiger partial charge on any atom is 0.240 e. The number of carbonyl (C=O) groups is 1. The van der Waals surface area contributed by atoms with Crippen molar-refractivity contribution in [1.82, 2.24) is 5.32 Å². The third kappa shape index (κ3) is 4.35. The average molecular weight is 329 g/mol. The Balaban J connectivity index is 1.97. The van der Waals surface area contributed by atoms with Crippen LogP contribution < -0.4 is 11.1 Å². The summed E-state index contributed by atoms with van der Waals surface area (Å²) in [4.78, 5) is 11.9. The molecular formula is C16H22Cl2N2O. The minimum Gasteiger partial charge on any atom is -0.354 e. The largest absolute Gasteiger partial charge is 0.354 e. The van der Waals surface area contributed by atoms with E-state index in [0.29, 0.717) is 28.4 Å². The Hall–Kier alpha value is -0.770. The first kappa shape index (κ1) is 16.6. The van der Waals surface area contributed by atoms with Crippen LogP contribution in [0, 0.1) is 11.8 Å². The first-order chi connectivity index (χ1) is 9.82. The van der Waals surface area contributed by atoms with Crippen LogP contribution in [0.3, 0.4) is 0 Å². The van der Waals surface area contributed by atoms with E-state index in [2.05, 4.69) is 19.2 Å². The number of hydrogen-bond donors (Lipinski definition) is 2. The SMILES string of the molecule is CC(C)C(CNC(=O)C1(N)CC1)Cc1ccc(Cl)cc1Cl. The fraction of sp³-hybridized carbons (Fsp3) is 0.562. The summed E-state index contributed by atoms with van der Waals surface area (Å²) in [7, 11) is 0. The zero-order valence-corrected chi connectivity index (χ0v) is 14.0. The molecule has 1 saturated carbocycles. The second-order valence-corrected chi connectivity index (χ2v) is 7.15. The van der Waals surface area contributed by atoms with E-state index in [-0.39, 0.29) is 5.91 Å². The van der Waals surface area contributed by atoms with Crippen LogP contribution in [0.2, 0.25) is 10.0 Å². The molecule has 1 amide bonds. The fourth-order valence-corrected chi connectivity index (χ4v) is 2.76. The quantitative estimate of drug-likeness (QED) is 0.840. The Morgan fingerprint density at radius 2 is 2.05 bits per heavy atom. The van der Waals surface area contributed by atoms with Gasteiger partial charge in [0.2, 0.25) is 5.91 Å². The monoisotopic (exact) mass is 328 g/mol. The first-order valence-corrected chi connectivity index (χ1v) is 8.08. The molecule has 116 valence electrons. The molecule has 0 saturated heterocycles. The lowest BCUT2D eigenvalue weighted by Gasteiger charge is -2.23. The zero-order valence-electron chi connectivity index (χ0n) is 12.5. The average Bonchev–Trinajstić information content (AvgIpc) is 3.15. The van der Waals surface area contributed by atoms with E-state index >= 15 is 0 Å². The number of carbonyl (C=O) groups excluding carboxylic acids is 1. The molecule has 0 bridgehead atoms. The van der Waals surface area contributed by atoms with Gasteiger partial charge in [-0.3, -0.25) is 4.79 Å². The third-order valence-electron chi connectivity index (χ3n) is 4.21. The standard InChI is InChI=1S/C16H22Cl2N2O/c1-10(2)12(9-20-15(21)16(19)5-6-16)7-11-3-4-13(17)8-14(11)18/h3-4,8,10,12H,5-7,9,19H2,1-2H3,(H,20,21). The summed E-state index contributed by atoms with van der Waals surface area (Å²) in [6.07, 6.45) is 2.38. The summed E-state index contributed by atoms with van der Waals surface area (Å²) >= 11 is 12.2. The van der Waals surface area contributed by atoms with Crippen molar-refractivity contribution in [2.45, 2.75) is 38.6 Å².